The molecule has 0 spiro atoms. The van der Waals surface area contributed by atoms with Gasteiger partial charge in [0.05, 0.1) is 23.0 Å². The lowest BCUT2D eigenvalue weighted by molar-refractivity contribution is 0.0697. The molecule has 4 aromatic rings. The first-order valence-electron chi connectivity index (χ1n) is 7.04. The van der Waals surface area contributed by atoms with Gasteiger partial charge >= 0.3 is 5.97 Å². The molecule has 0 atom stereocenters. The number of para-hydroxylation sites is 1. The Labute approximate surface area is 131 Å². The van der Waals surface area contributed by atoms with Crippen molar-refractivity contribution in [3.8, 4) is 16.9 Å². The fraction of sp³-hybridized carbons (Fsp3) is 0. The van der Waals surface area contributed by atoms with Gasteiger partial charge in [-0.2, -0.15) is 10.2 Å². The predicted octanol–water partition coefficient (Wildman–Crippen LogP) is 3.11. The Morgan fingerprint density at radius 3 is 2.74 bits per heavy atom. The number of hydrogen-bond donors (Lipinski definition) is 2. The van der Waals surface area contributed by atoms with Crippen LogP contribution in [0.3, 0.4) is 0 Å². The lowest BCUT2D eigenvalue weighted by atomic mass is 10.1. The van der Waals surface area contributed by atoms with Crippen LogP contribution in [0.5, 0.6) is 0 Å². The maximum atomic E-state index is 11.2. The zero-order chi connectivity index (χ0) is 15.8. The van der Waals surface area contributed by atoms with Crippen molar-refractivity contribution < 1.29 is 9.90 Å². The van der Waals surface area contributed by atoms with E-state index in [0.29, 0.717) is 5.69 Å². The van der Waals surface area contributed by atoms with Gasteiger partial charge in [-0.25, -0.2) is 9.48 Å². The number of carboxylic acids is 1. The third-order valence-electron chi connectivity index (χ3n) is 3.69. The number of nitrogens with one attached hydrogen (secondary N) is 1. The highest BCUT2D eigenvalue weighted by Crippen LogP contribution is 2.27. The number of rotatable bonds is 3. The highest BCUT2D eigenvalue weighted by Gasteiger charge is 2.13. The Kier molecular flexibility index (Phi) is 2.94. The quantitative estimate of drug-likeness (QED) is 0.609. The molecule has 23 heavy (non-hydrogen) atoms. The SMILES string of the molecule is O=C(O)c1ccc2[nH]nc(-c3cnn(-c4ccccc4)c3)c2c1. The summed E-state index contributed by atoms with van der Waals surface area (Å²) in [7, 11) is 0. The summed E-state index contributed by atoms with van der Waals surface area (Å²) >= 11 is 0. The van der Waals surface area contributed by atoms with E-state index in [4.69, 9.17) is 5.11 Å². The molecule has 6 nitrogen and oxygen atoms in total. The summed E-state index contributed by atoms with van der Waals surface area (Å²) in [6.07, 6.45) is 3.59. The first-order chi connectivity index (χ1) is 11.2. The number of benzene rings is 2. The summed E-state index contributed by atoms with van der Waals surface area (Å²) in [5.74, 6) is -0.959. The molecule has 0 saturated carbocycles. The summed E-state index contributed by atoms with van der Waals surface area (Å²) in [4.78, 5) is 11.2. The molecule has 4 rings (SSSR count). The fourth-order valence-corrected chi connectivity index (χ4v) is 2.53. The number of aromatic nitrogens is 4. The van der Waals surface area contributed by atoms with Crippen LogP contribution < -0.4 is 0 Å². The van der Waals surface area contributed by atoms with E-state index in [-0.39, 0.29) is 5.56 Å². The van der Waals surface area contributed by atoms with E-state index >= 15 is 0 Å². The molecular weight excluding hydrogens is 292 g/mol. The van der Waals surface area contributed by atoms with Gasteiger partial charge in [-0.1, -0.05) is 18.2 Å². The summed E-state index contributed by atoms with van der Waals surface area (Å²) < 4.78 is 1.76. The molecule has 0 unspecified atom stereocenters. The van der Waals surface area contributed by atoms with Crippen molar-refractivity contribution in [2.45, 2.75) is 0 Å². The van der Waals surface area contributed by atoms with Crippen molar-refractivity contribution in [3.05, 3.63) is 66.5 Å². The molecule has 2 aromatic carbocycles. The van der Waals surface area contributed by atoms with Crippen molar-refractivity contribution in [2.75, 3.05) is 0 Å². The van der Waals surface area contributed by atoms with Crippen LogP contribution in [0.1, 0.15) is 10.4 Å². The molecule has 0 amide bonds. The molecule has 2 aromatic heterocycles. The van der Waals surface area contributed by atoms with Crippen LogP contribution in [-0.4, -0.2) is 31.1 Å². The molecule has 0 radical (unpaired) electrons. The number of aromatic amines is 1. The Morgan fingerprint density at radius 1 is 1.13 bits per heavy atom. The fourth-order valence-electron chi connectivity index (χ4n) is 2.53. The number of nitrogens with zero attached hydrogens (tertiary/aromatic N) is 3. The summed E-state index contributed by atoms with van der Waals surface area (Å²) in [5, 5.41) is 21.5. The minimum atomic E-state index is -0.959. The minimum absolute atomic E-state index is 0.232. The summed E-state index contributed by atoms with van der Waals surface area (Å²) in [5.41, 5.74) is 3.48. The van der Waals surface area contributed by atoms with E-state index in [0.717, 1.165) is 22.2 Å². The van der Waals surface area contributed by atoms with E-state index in [9.17, 15) is 4.79 Å². The third-order valence-corrected chi connectivity index (χ3v) is 3.69. The number of carboxylic acid groups (broad SMARTS) is 1. The number of H-pyrrole nitrogens is 1. The average Bonchev–Trinajstić information content (AvgIpc) is 3.21. The third kappa shape index (κ3) is 2.26. The highest BCUT2D eigenvalue weighted by atomic mass is 16.4. The Balaban J connectivity index is 1.82. The Bertz CT molecular complexity index is 1000. The van der Waals surface area contributed by atoms with Gasteiger partial charge in [-0.3, -0.25) is 5.10 Å². The first-order valence-corrected chi connectivity index (χ1v) is 7.04. The van der Waals surface area contributed by atoms with Gasteiger partial charge in [0, 0.05) is 17.1 Å². The topological polar surface area (TPSA) is 83.8 Å². The van der Waals surface area contributed by atoms with Crippen molar-refractivity contribution in [2.24, 2.45) is 0 Å². The number of carbonyl (C=O) groups is 1. The van der Waals surface area contributed by atoms with Crippen molar-refractivity contribution in [3.63, 3.8) is 0 Å². The molecule has 0 fully saturated rings. The second-order valence-corrected chi connectivity index (χ2v) is 5.15. The zero-order valence-electron chi connectivity index (χ0n) is 12.0. The molecule has 0 aliphatic carbocycles. The monoisotopic (exact) mass is 304 g/mol. The zero-order valence-corrected chi connectivity index (χ0v) is 12.0. The smallest absolute Gasteiger partial charge is 0.335 e. The number of hydrogen-bond acceptors (Lipinski definition) is 3. The first kappa shape index (κ1) is 13.3. The van der Waals surface area contributed by atoms with Crippen LogP contribution in [0.4, 0.5) is 0 Å². The van der Waals surface area contributed by atoms with E-state index in [1.807, 2.05) is 36.5 Å². The van der Waals surface area contributed by atoms with Gasteiger partial charge in [0.15, 0.2) is 0 Å². The van der Waals surface area contributed by atoms with Crippen LogP contribution in [0.2, 0.25) is 0 Å². The molecule has 0 saturated heterocycles. The number of fused-ring (bicyclic) bond motifs is 1. The molecule has 2 heterocycles. The van der Waals surface area contributed by atoms with E-state index < -0.39 is 5.97 Å². The average molecular weight is 304 g/mol. The standard InChI is InChI=1S/C17H12N4O2/c22-17(23)11-6-7-15-14(8-11)16(20-19-15)12-9-18-21(10-12)13-4-2-1-3-5-13/h1-10H,(H,19,20)(H,22,23). The predicted molar refractivity (Wildman–Crippen MR) is 85.6 cm³/mol. The van der Waals surface area contributed by atoms with Gasteiger partial charge in [0.1, 0.15) is 5.69 Å². The van der Waals surface area contributed by atoms with Crippen LogP contribution >= 0.6 is 0 Å². The highest BCUT2D eigenvalue weighted by molar-refractivity contribution is 5.98. The van der Waals surface area contributed by atoms with Crippen LogP contribution in [-0.2, 0) is 0 Å². The Hall–Kier alpha value is -3.41. The molecule has 6 heteroatoms. The van der Waals surface area contributed by atoms with Crippen molar-refractivity contribution in [1.82, 2.24) is 20.0 Å². The lowest BCUT2D eigenvalue weighted by Gasteiger charge is -1.99. The Morgan fingerprint density at radius 2 is 1.96 bits per heavy atom. The largest absolute Gasteiger partial charge is 0.478 e. The minimum Gasteiger partial charge on any atom is -0.478 e. The van der Waals surface area contributed by atoms with Crippen LogP contribution in [0, 0.1) is 0 Å². The second-order valence-electron chi connectivity index (χ2n) is 5.15. The van der Waals surface area contributed by atoms with Crippen LogP contribution in [0.25, 0.3) is 27.8 Å². The second kappa shape index (κ2) is 5.10. The van der Waals surface area contributed by atoms with Gasteiger partial charge in [-0.05, 0) is 30.3 Å². The van der Waals surface area contributed by atoms with Gasteiger partial charge < -0.3 is 5.11 Å². The molecule has 0 bridgehead atoms. The normalized spacial score (nSPS) is 11.0. The maximum Gasteiger partial charge on any atom is 0.335 e. The molecule has 2 N–H and O–H groups in total. The molecule has 0 aliphatic heterocycles. The van der Waals surface area contributed by atoms with Crippen molar-refractivity contribution in [1.29, 1.82) is 0 Å². The van der Waals surface area contributed by atoms with Crippen molar-refractivity contribution >= 4 is 16.9 Å². The summed E-state index contributed by atoms with van der Waals surface area (Å²) in [6, 6.07) is 14.7. The van der Waals surface area contributed by atoms with Gasteiger partial charge in [-0.15, -0.1) is 0 Å². The molecule has 112 valence electrons. The van der Waals surface area contributed by atoms with Crippen LogP contribution in [0.15, 0.2) is 60.9 Å². The van der Waals surface area contributed by atoms with Gasteiger partial charge in [0.2, 0.25) is 0 Å². The van der Waals surface area contributed by atoms with E-state index in [1.165, 1.54) is 0 Å². The summed E-state index contributed by atoms with van der Waals surface area (Å²) in [6.45, 7) is 0. The molecular formula is C17H12N4O2. The molecule has 0 aliphatic rings. The maximum absolute atomic E-state index is 11.2. The lowest BCUT2D eigenvalue weighted by Crippen LogP contribution is -1.94. The number of aromatic carboxylic acids is 1. The van der Waals surface area contributed by atoms with E-state index in [1.54, 1.807) is 29.1 Å². The van der Waals surface area contributed by atoms with E-state index in [2.05, 4.69) is 15.3 Å². The van der Waals surface area contributed by atoms with Gasteiger partial charge in [0.25, 0.3) is 0 Å².